The molecule has 3 heteroatoms. The van der Waals surface area contributed by atoms with Crippen LogP contribution in [-0.4, -0.2) is 6.04 Å². The van der Waals surface area contributed by atoms with Gasteiger partial charge < -0.3 is 5.32 Å². The first kappa shape index (κ1) is 11.4. The minimum atomic E-state index is 0.430. The highest BCUT2D eigenvalue weighted by Gasteiger charge is 2.24. The zero-order valence-electron chi connectivity index (χ0n) is 9.29. The largest absolute Gasteiger partial charge is 0.307 e. The van der Waals surface area contributed by atoms with Gasteiger partial charge in [-0.25, -0.2) is 0 Å². The quantitative estimate of drug-likeness (QED) is 0.837. The molecule has 1 aromatic heterocycles. The van der Waals surface area contributed by atoms with Gasteiger partial charge in [0.1, 0.15) is 0 Å². The molecule has 0 spiro atoms. The van der Waals surface area contributed by atoms with Crippen molar-refractivity contribution in [3.05, 3.63) is 21.3 Å². The summed E-state index contributed by atoms with van der Waals surface area (Å²) in [6, 6.07) is 3.20. The first-order valence-corrected chi connectivity index (χ1v) is 6.92. The SMILES string of the molecule is CC(NC1CCCC1C)c1csc(Cl)c1. The van der Waals surface area contributed by atoms with E-state index in [2.05, 4.69) is 30.6 Å². The minimum Gasteiger partial charge on any atom is -0.307 e. The second kappa shape index (κ2) is 4.86. The third kappa shape index (κ3) is 2.74. The molecule has 0 amide bonds. The van der Waals surface area contributed by atoms with E-state index in [-0.39, 0.29) is 0 Å². The van der Waals surface area contributed by atoms with Crippen molar-refractivity contribution in [3.63, 3.8) is 0 Å². The molecule has 1 heterocycles. The van der Waals surface area contributed by atoms with E-state index in [9.17, 15) is 0 Å². The molecule has 0 aromatic carbocycles. The average Bonchev–Trinajstić information content (AvgIpc) is 2.77. The van der Waals surface area contributed by atoms with E-state index < -0.39 is 0 Å². The van der Waals surface area contributed by atoms with Crippen molar-refractivity contribution in [1.82, 2.24) is 5.32 Å². The van der Waals surface area contributed by atoms with Gasteiger partial charge in [-0.3, -0.25) is 0 Å². The monoisotopic (exact) mass is 243 g/mol. The Morgan fingerprint density at radius 2 is 2.33 bits per heavy atom. The van der Waals surface area contributed by atoms with Crippen LogP contribution < -0.4 is 5.32 Å². The van der Waals surface area contributed by atoms with E-state index >= 15 is 0 Å². The first-order valence-electron chi connectivity index (χ1n) is 5.67. The summed E-state index contributed by atoms with van der Waals surface area (Å²) in [6.45, 7) is 4.57. The van der Waals surface area contributed by atoms with Crippen LogP contribution in [0.4, 0.5) is 0 Å². The van der Waals surface area contributed by atoms with Gasteiger partial charge in [-0.2, -0.15) is 0 Å². The lowest BCUT2D eigenvalue weighted by Gasteiger charge is -2.22. The molecule has 1 aliphatic carbocycles. The molecule has 1 fully saturated rings. The van der Waals surface area contributed by atoms with E-state index in [0.29, 0.717) is 12.1 Å². The summed E-state index contributed by atoms with van der Waals surface area (Å²) in [4.78, 5) is 0. The molecule has 1 saturated carbocycles. The number of rotatable bonds is 3. The Kier molecular flexibility index (Phi) is 3.70. The fraction of sp³-hybridized carbons (Fsp3) is 0.667. The molecule has 0 saturated heterocycles. The summed E-state index contributed by atoms with van der Waals surface area (Å²) >= 11 is 7.56. The maximum Gasteiger partial charge on any atom is 0.0931 e. The predicted molar refractivity (Wildman–Crippen MR) is 67.7 cm³/mol. The number of hydrogen-bond donors (Lipinski definition) is 1. The van der Waals surface area contributed by atoms with E-state index in [1.165, 1.54) is 24.8 Å². The summed E-state index contributed by atoms with van der Waals surface area (Å²) in [5.74, 6) is 0.821. The Bertz CT molecular complexity index is 323. The zero-order valence-corrected chi connectivity index (χ0v) is 10.9. The lowest BCUT2D eigenvalue weighted by atomic mass is 10.0. The molecule has 2 rings (SSSR count). The van der Waals surface area contributed by atoms with Crippen LogP contribution in [0.1, 0.15) is 44.7 Å². The van der Waals surface area contributed by atoms with E-state index in [1.807, 2.05) is 0 Å². The minimum absolute atomic E-state index is 0.430. The maximum atomic E-state index is 5.94. The summed E-state index contributed by atoms with van der Waals surface area (Å²) in [6.07, 6.45) is 4.06. The van der Waals surface area contributed by atoms with Gasteiger partial charge in [-0.15, -0.1) is 11.3 Å². The van der Waals surface area contributed by atoms with Crippen molar-refractivity contribution in [2.75, 3.05) is 0 Å². The fourth-order valence-electron chi connectivity index (χ4n) is 2.36. The summed E-state index contributed by atoms with van der Waals surface area (Å²) in [7, 11) is 0. The third-order valence-corrected chi connectivity index (χ3v) is 4.52. The first-order chi connectivity index (χ1) is 7.16. The Balaban J connectivity index is 1.94. The summed E-state index contributed by atoms with van der Waals surface area (Å²) in [5, 5.41) is 5.86. The molecule has 84 valence electrons. The molecule has 3 unspecified atom stereocenters. The number of nitrogens with one attached hydrogen (secondary N) is 1. The van der Waals surface area contributed by atoms with Gasteiger partial charge >= 0.3 is 0 Å². The second-order valence-corrected chi connectivity index (χ2v) is 6.13. The maximum absolute atomic E-state index is 5.94. The Hall–Kier alpha value is -0.0500. The number of halogens is 1. The highest BCUT2D eigenvalue weighted by molar-refractivity contribution is 7.14. The van der Waals surface area contributed by atoms with Crippen molar-refractivity contribution in [2.45, 2.75) is 45.2 Å². The van der Waals surface area contributed by atoms with Crippen molar-refractivity contribution < 1.29 is 0 Å². The Labute approximate surface area is 101 Å². The molecule has 1 aromatic rings. The molecular weight excluding hydrogens is 226 g/mol. The van der Waals surface area contributed by atoms with Gasteiger partial charge in [0.2, 0.25) is 0 Å². The van der Waals surface area contributed by atoms with Crippen LogP contribution in [0.2, 0.25) is 4.34 Å². The molecule has 1 N–H and O–H groups in total. The third-order valence-electron chi connectivity index (χ3n) is 3.41. The van der Waals surface area contributed by atoms with Crippen LogP contribution in [0.3, 0.4) is 0 Å². The number of hydrogen-bond acceptors (Lipinski definition) is 2. The second-order valence-electron chi connectivity index (χ2n) is 4.59. The molecular formula is C12H18ClNS. The lowest BCUT2D eigenvalue weighted by molar-refractivity contribution is 0.389. The number of thiophene rings is 1. The smallest absolute Gasteiger partial charge is 0.0931 e. The van der Waals surface area contributed by atoms with E-state index in [1.54, 1.807) is 11.3 Å². The molecule has 3 atom stereocenters. The predicted octanol–water partition coefficient (Wildman–Crippen LogP) is 4.24. The van der Waals surface area contributed by atoms with Crippen LogP contribution in [-0.2, 0) is 0 Å². The molecule has 15 heavy (non-hydrogen) atoms. The van der Waals surface area contributed by atoms with Crippen molar-refractivity contribution in [1.29, 1.82) is 0 Å². The molecule has 0 radical (unpaired) electrons. The van der Waals surface area contributed by atoms with Gasteiger partial charge in [-0.1, -0.05) is 24.9 Å². The molecule has 0 bridgehead atoms. The highest BCUT2D eigenvalue weighted by atomic mass is 35.5. The molecule has 0 aliphatic heterocycles. The van der Waals surface area contributed by atoms with Crippen molar-refractivity contribution in [3.8, 4) is 0 Å². The van der Waals surface area contributed by atoms with Crippen LogP contribution >= 0.6 is 22.9 Å². The summed E-state index contributed by atoms with van der Waals surface area (Å²) < 4.78 is 0.887. The van der Waals surface area contributed by atoms with Gasteiger partial charge in [0.25, 0.3) is 0 Å². The van der Waals surface area contributed by atoms with Gasteiger partial charge in [0, 0.05) is 12.1 Å². The van der Waals surface area contributed by atoms with Gasteiger partial charge in [0.05, 0.1) is 4.34 Å². The summed E-state index contributed by atoms with van der Waals surface area (Å²) in [5.41, 5.74) is 1.32. The topological polar surface area (TPSA) is 12.0 Å². The van der Waals surface area contributed by atoms with Crippen molar-refractivity contribution >= 4 is 22.9 Å². The Morgan fingerprint density at radius 1 is 1.53 bits per heavy atom. The fourth-order valence-corrected chi connectivity index (χ4v) is 3.35. The average molecular weight is 244 g/mol. The molecule has 1 aliphatic rings. The van der Waals surface area contributed by atoms with Gasteiger partial charge in [-0.05, 0) is 42.7 Å². The highest BCUT2D eigenvalue weighted by Crippen LogP contribution is 2.29. The van der Waals surface area contributed by atoms with Crippen LogP contribution in [0.25, 0.3) is 0 Å². The molecule has 1 nitrogen and oxygen atoms in total. The standard InChI is InChI=1S/C12H18ClNS/c1-8-4-3-5-11(8)14-9(2)10-6-12(13)15-7-10/h6-9,11,14H,3-5H2,1-2H3. The van der Waals surface area contributed by atoms with E-state index in [4.69, 9.17) is 11.6 Å². The van der Waals surface area contributed by atoms with Crippen LogP contribution in [0.15, 0.2) is 11.4 Å². The van der Waals surface area contributed by atoms with Crippen molar-refractivity contribution in [2.24, 2.45) is 5.92 Å². The van der Waals surface area contributed by atoms with Crippen LogP contribution in [0, 0.1) is 5.92 Å². The zero-order chi connectivity index (χ0) is 10.8. The van der Waals surface area contributed by atoms with Gasteiger partial charge in [0.15, 0.2) is 0 Å². The van der Waals surface area contributed by atoms with E-state index in [0.717, 1.165) is 10.3 Å². The normalized spacial score (nSPS) is 28.2. The lowest BCUT2D eigenvalue weighted by Crippen LogP contribution is -2.33. The van der Waals surface area contributed by atoms with Crippen LogP contribution in [0.5, 0.6) is 0 Å². The Morgan fingerprint density at radius 3 is 2.87 bits per heavy atom.